The van der Waals surface area contributed by atoms with Crippen LogP contribution in [0.3, 0.4) is 0 Å². The Balaban J connectivity index is 0.819. The molecule has 1 unspecified atom stereocenters. The first-order valence-electron chi connectivity index (χ1n) is 21.4. The van der Waals surface area contributed by atoms with E-state index in [0.717, 1.165) is 74.2 Å². The third kappa shape index (κ3) is 8.97. The van der Waals surface area contributed by atoms with Crippen LogP contribution in [0, 0.1) is 11.6 Å². The molecule has 9 rings (SSSR count). The van der Waals surface area contributed by atoms with Gasteiger partial charge < -0.3 is 25.6 Å². The SMILES string of the molecule is O=C1CCC(N2C(=O)c3cccc(NCCCN4CCN(c5ccc(C(=O)Nc6n[nH]c7ccc(Cc8cc(F)cc(F)c8)cc67)c(NC6CCOCC6)c5)CC4)c3C2=O)C(=O)N1. The van der Waals surface area contributed by atoms with Gasteiger partial charge in [0.2, 0.25) is 11.8 Å². The Bertz CT molecular complexity index is 2580. The molecule has 0 spiro atoms. The van der Waals surface area contributed by atoms with E-state index in [9.17, 15) is 32.8 Å². The predicted molar refractivity (Wildman–Crippen MR) is 232 cm³/mol. The van der Waals surface area contributed by atoms with Crippen molar-refractivity contribution < 1.29 is 37.5 Å². The zero-order valence-electron chi connectivity index (χ0n) is 34.5. The number of aromatic nitrogens is 2. The van der Waals surface area contributed by atoms with E-state index in [1.165, 1.54) is 12.1 Å². The average Bonchev–Trinajstić information content (AvgIpc) is 3.78. The first-order valence-corrected chi connectivity index (χ1v) is 21.4. The second kappa shape index (κ2) is 17.9. The lowest BCUT2D eigenvalue weighted by Crippen LogP contribution is -2.54. The van der Waals surface area contributed by atoms with E-state index in [1.807, 2.05) is 36.4 Å². The Morgan fingerprint density at radius 3 is 2.41 bits per heavy atom. The van der Waals surface area contributed by atoms with Crippen molar-refractivity contribution in [2.45, 2.75) is 50.6 Å². The van der Waals surface area contributed by atoms with Crippen LogP contribution < -0.4 is 26.2 Å². The van der Waals surface area contributed by atoms with E-state index < -0.39 is 41.3 Å². The summed E-state index contributed by atoms with van der Waals surface area (Å²) in [5.41, 5.74) is 5.22. The van der Waals surface area contributed by atoms with Crippen molar-refractivity contribution >= 4 is 63.3 Å². The van der Waals surface area contributed by atoms with Gasteiger partial charge in [0.25, 0.3) is 17.7 Å². The zero-order valence-corrected chi connectivity index (χ0v) is 34.5. The Morgan fingerprint density at radius 2 is 1.63 bits per heavy atom. The smallest absolute Gasteiger partial charge is 0.264 e. The molecule has 4 aromatic carbocycles. The molecule has 4 aliphatic heterocycles. The topological polar surface area (TPSA) is 181 Å². The highest BCUT2D eigenvalue weighted by Gasteiger charge is 2.45. The van der Waals surface area contributed by atoms with Gasteiger partial charge in [0.1, 0.15) is 17.7 Å². The lowest BCUT2D eigenvalue weighted by Gasteiger charge is -2.36. The van der Waals surface area contributed by atoms with E-state index in [4.69, 9.17) is 4.74 Å². The number of carbonyl (C=O) groups is 5. The number of hydrogen-bond donors (Lipinski definition) is 5. The van der Waals surface area contributed by atoms with Gasteiger partial charge in [-0.1, -0.05) is 12.1 Å². The number of ether oxygens (including phenoxy) is 1. The quantitative estimate of drug-likeness (QED) is 0.0766. The van der Waals surface area contributed by atoms with Gasteiger partial charge >= 0.3 is 0 Å². The number of benzene rings is 4. The fourth-order valence-corrected chi connectivity index (χ4v) is 8.92. The Labute approximate surface area is 361 Å². The molecule has 5 heterocycles. The summed E-state index contributed by atoms with van der Waals surface area (Å²) in [6, 6.07) is 19.0. The maximum atomic E-state index is 14.0. The van der Waals surface area contributed by atoms with Crippen molar-refractivity contribution in [1.29, 1.82) is 0 Å². The van der Waals surface area contributed by atoms with E-state index in [0.29, 0.717) is 65.4 Å². The van der Waals surface area contributed by atoms with E-state index in [-0.39, 0.29) is 35.9 Å². The molecule has 5 amide bonds. The molecule has 0 saturated carbocycles. The maximum Gasteiger partial charge on any atom is 0.264 e. The number of aromatic amines is 1. The Hall–Kier alpha value is -6.72. The van der Waals surface area contributed by atoms with Gasteiger partial charge in [-0.15, -0.1) is 0 Å². The van der Waals surface area contributed by atoms with Crippen LogP contribution in [0.4, 0.5) is 31.7 Å². The summed E-state index contributed by atoms with van der Waals surface area (Å²) in [4.78, 5) is 70.6. The molecule has 1 atom stereocenters. The molecule has 1 aromatic heterocycles. The molecule has 5 aromatic rings. The van der Waals surface area contributed by atoms with Crippen molar-refractivity contribution in [2.75, 3.05) is 73.3 Å². The number of halogens is 2. The molecule has 0 aliphatic carbocycles. The number of H-pyrrole nitrogens is 1. The number of anilines is 4. The van der Waals surface area contributed by atoms with Gasteiger partial charge in [0.05, 0.1) is 22.2 Å². The zero-order chi connectivity index (χ0) is 43.6. The molecule has 3 fully saturated rings. The highest BCUT2D eigenvalue weighted by Crippen LogP contribution is 2.33. The van der Waals surface area contributed by atoms with Crippen LogP contribution in [-0.4, -0.2) is 114 Å². The second-order valence-electron chi connectivity index (χ2n) is 16.4. The van der Waals surface area contributed by atoms with Gasteiger partial charge in [-0.2, -0.15) is 5.10 Å². The van der Waals surface area contributed by atoms with Crippen molar-refractivity contribution in [3.05, 3.63) is 112 Å². The first kappa shape index (κ1) is 41.6. The second-order valence-corrected chi connectivity index (χ2v) is 16.4. The number of fused-ring (bicyclic) bond motifs is 2. The van der Waals surface area contributed by atoms with Crippen LogP contribution in [0.2, 0.25) is 0 Å². The molecule has 63 heavy (non-hydrogen) atoms. The molecule has 3 saturated heterocycles. The lowest BCUT2D eigenvalue weighted by molar-refractivity contribution is -0.136. The van der Waals surface area contributed by atoms with Gasteiger partial charge in [-0.3, -0.25) is 44.2 Å². The number of imide groups is 2. The molecular weight excluding hydrogens is 813 g/mol. The minimum atomic E-state index is -1.02. The first-order chi connectivity index (χ1) is 30.6. The summed E-state index contributed by atoms with van der Waals surface area (Å²) >= 11 is 0. The summed E-state index contributed by atoms with van der Waals surface area (Å²) in [6.07, 6.45) is 2.86. The number of amides is 5. The standard InChI is InChI=1S/C46H47F2N9O6/c47-29-22-28(23-30(48)25-29)21-27-5-8-36-35(24-27)42(54-53-36)52-43(59)33-7-6-32(26-38(33)50-31-11-19-63-20-12-31)56-17-15-55(16-18-56)14-2-13-49-37-4-1-3-34-41(37)46(62)57(45(34)61)39-9-10-40(58)51-44(39)60/h1,3-8,22-26,31,39,49-50H,2,9-21H2,(H,51,58,60)(H2,52,53,54,59). The van der Waals surface area contributed by atoms with E-state index in [2.05, 4.69) is 41.3 Å². The molecule has 0 bridgehead atoms. The predicted octanol–water partition coefficient (Wildman–Crippen LogP) is 5.30. The summed E-state index contributed by atoms with van der Waals surface area (Å²) in [5, 5.41) is 20.2. The summed E-state index contributed by atoms with van der Waals surface area (Å²) in [6.45, 7) is 5.84. The average molecular weight is 860 g/mol. The number of carbonyl (C=O) groups excluding carboxylic acids is 5. The minimum Gasteiger partial charge on any atom is -0.384 e. The Morgan fingerprint density at radius 1 is 0.841 bits per heavy atom. The van der Waals surface area contributed by atoms with E-state index in [1.54, 1.807) is 18.2 Å². The fraction of sp³-hybridized carbons (Fsp3) is 0.348. The number of piperazine rings is 1. The summed E-state index contributed by atoms with van der Waals surface area (Å²) < 4.78 is 33.4. The van der Waals surface area contributed by atoms with Crippen LogP contribution in [0.25, 0.3) is 10.9 Å². The third-order valence-corrected chi connectivity index (χ3v) is 12.2. The van der Waals surface area contributed by atoms with Gasteiger partial charge in [-0.25, -0.2) is 8.78 Å². The van der Waals surface area contributed by atoms with Crippen LogP contribution in [0.15, 0.2) is 72.8 Å². The van der Waals surface area contributed by atoms with Gasteiger partial charge in [-0.05, 0) is 104 Å². The molecule has 5 N–H and O–H groups in total. The molecule has 326 valence electrons. The van der Waals surface area contributed by atoms with Crippen molar-refractivity contribution in [3.8, 4) is 0 Å². The highest BCUT2D eigenvalue weighted by molar-refractivity contribution is 6.25. The monoisotopic (exact) mass is 859 g/mol. The number of piperidine rings is 1. The van der Waals surface area contributed by atoms with Crippen molar-refractivity contribution in [3.63, 3.8) is 0 Å². The van der Waals surface area contributed by atoms with Crippen molar-refractivity contribution in [2.24, 2.45) is 0 Å². The van der Waals surface area contributed by atoms with Crippen molar-refractivity contribution in [1.82, 2.24) is 25.3 Å². The minimum absolute atomic E-state index is 0.0612. The third-order valence-electron chi connectivity index (χ3n) is 12.2. The molecule has 4 aliphatic rings. The van der Waals surface area contributed by atoms with Crippen LogP contribution >= 0.6 is 0 Å². The molecular formula is C46H47F2N9O6. The van der Waals surface area contributed by atoms with Gasteiger partial charge in [0, 0.05) is 86.9 Å². The largest absolute Gasteiger partial charge is 0.384 e. The van der Waals surface area contributed by atoms with Crippen LogP contribution in [0.5, 0.6) is 0 Å². The molecule has 0 radical (unpaired) electrons. The summed E-state index contributed by atoms with van der Waals surface area (Å²) in [5.74, 6) is -3.38. The van der Waals surface area contributed by atoms with Crippen LogP contribution in [-0.2, 0) is 20.7 Å². The number of rotatable bonds is 13. The van der Waals surface area contributed by atoms with E-state index >= 15 is 0 Å². The molecule has 15 nitrogen and oxygen atoms in total. The normalized spacial score (nSPS) is 18.5. The number of hydrogen-bond acceptors (Lipinski definition) is 11. The molecule has 17 heteroatoms. The fourth-order valence-electron chi connectivity index (χ4n) is 8.92. The van der Waals surface area contributed by atoms with Gasteiger partial charge in [0.15, 0.2) is 5.82 Å². The maximum absolute atomic E-state index is 14.0. The lowest BCUT2D eigenvalue weighted by atomic mass is 10.0. The van der Waals surface area contributed by atoms with Crippen LogP contribution in [0.1, 0.15) is 74.3 Å². The number of nitrogens with one attached hydrogen (secondary N) is 5. The Kier molecular flexibility index (Phi) is 11.9. The summed E-state index contributed by atoms with van der Waals surface area (Å²) in [7, 11) is 0. The highest BCUT2D eigenvalue weighted by atomic mass is 19.1. The number of nitrogens with zero attached hydrogens (tertiary/aromatic N) is 4.